The summed E-state index contributed by atoms with van der Waals surface area (Å²) >= 11 is 0. The molecular formula is C19H27N3O4S. The number of nitrogens with zero attached hydrogens (tertiary/aromatic N) is 2. The summed E-state index contributed by atoms with van der Waals surface area (Å²) in [6.45, 7) is 8.04. The van der Waals surface area contributed by atoms with Crippen molar-refractivity contribution in [2.24, 2.45) is 5.41 Å². The molecule has 0 saturated carbocycles. The second kappa shape index (κ2) is 7.24. The molecule has 2 amide bonds. The van der Waals surface area contributed by atoms with Crippen LogP contribution in [0.3, 0.4) is 0 Å². The molecule has 1 unspecified atom stereocenters. The molecule has 1 N–H and O–H groups in total. The van der Waals surface area contributed by atoms with E-state index in [-0.39, 0.29) is 23.4 Å². The second-order valence-corrected chi connectivity index (χ2v) is 9.88. The van der Waals surface area contributed by atoms with E-state index in [0.29, 0.717) is 12.1 Å². The topological polar surface area (TPSA) is 86.8 Å². The molecule has 2 heterocycles. The summed E-state index contributed by atoms with van der Waals surface area (Å²) in [5.74, 6) is -0.863. The van der Waals surface area contributed by atoms with Crippen LogP contribution in [0.5, 0.6) is 0 Å². The first kappa shape index (κ1) is 19.8. The first-order valence-corrected chi connectivity index (χ1v) is 10.9. The smallest absolute Gasteiger partial charge is 0.251 e. The summed E-state index contributed by atoms with van der Waals surface area (Å²) in [5, 5.41) is 2.92. The lowest BCUT2D eigenvalue weighted by Gasteiger charge is -2.23. The first-order chi connectivity index (χ1) is 12.6. The average Bonchev–Trinajstić information content (AvgIpc) is 3.18. The molecule has 1 aromatic rings. The standard InChI is InChI=1S/C19H27N3O4S/c1-14(21-10-4-5-11-21)12-20-17(23)15-6-8-16(9-7-15)22-18(24)19(2,3)13-27(22,25)26/h6-9,14H,4-5,10-13H2,1-3H3,(H,20,23). The number of benzene rings is 1. The third-order valence-corrected chi connectivity index (χ3v) is 7.29. The van der Waals surface area contributed by atoms with Gasteiger partial charge in [-0.25, -0.2) is 12.7 Å². The van der Waals surface area contributed by atoms with Crippen LogP contribution >= 0.6 is 0 Å². The molecule has 2 aliphatic heterocycles. The van der Waals surface area contributed by atoms with Crippen LogP contribution in [0, 0.1) is 5.41 Å². The van der Waals surface area contributed by atoms with Crippen molar-refractivity contribution >= 4 is 27.5 Å². The van der Waals surface area contributed by atoms with E-state index >= 15 is 0 Å². The average molecular weight is 394 g/mol. The van der Waals surface area contributed by atoms with E-state index in [1.807, 2.05) is 0 Å². The monoisotopic (exact) mass is 393 g/mol. The van der Waals surface area contributed by atoms with Gasteiger partial charge in [-0.15, -0.1) is 0 Å². The fraction of sp³-hybridized carbons (Fsp3) is 0.579. The molecule has 3 rings (SSSR count). The van der Waals surface area contributed by atoms with Crippen molar-refractivity contribution in [3.63, 3.8) is 0 Å². The molecule has 1 atom stereocenters. The number of rotatable bonds is 5. The lowest BCUT2D eigenvalue weighted by molar-refractivity contribution is -0.123. The van der Waals surface area contributed by atoms with Gasteiger partial charge in [-0.1, -0.05) is 0 Å². The molecule has 0 aliphatic carbocycles. The number of sulfonamides is 1. The lowest BCUT2D eigenvalue weighted by Crippen LogP contribution is -2.40. The van der Waals surface area contributed by atoms with E-state index in [0.717, 1.165) is 17.4 Å². The zero-order valence-corrected chi connectivity index (χ0v) is 16.9. The quantitative estimate of drug-likeness (QED) is 0.821. The fourth-order valence-electron chi connectivity index (χ4n) is 3.66. The highest BCUT2D eigenvalue weighted by atomic mass is 32.2. The Hall–Kier alpha value is -1.93. The maximum Gasteiger partial charge on any atom is 0.251 e. The van der Waals surface area contributed by atoms with Crippen molar-refractivity contribution in [2.75, 3.05) is 29.7 Å². The Morgan fingerprint density at radius 1 is 1.19 bits per heavy atom. The summed E-state index contributed by atoms with van der Waals surface area (Å²) in [7, 11) is -3.68. The first-order valence-electron chi connectivity index (χ1n) is 9.31. The Morgan fingerprint density at radius 3 is 2.30 bits per heavy atom. The summed E-state index contributed by atoms with van der Waals surface area (Å²) in [6.07, 6.45) is 2.41. The van der Waals surface area contributed by atoms with Crippen molar-refractivity contribution in [2.45, 2.75) is 39.7 Å². The van der Waals surface area contributed by atoms with Gasteiger partial charge >= 0.3 is 0 Å². The maximum absolute atomic E-state index is 12.4. The molecule has 8 heteroatoms. The summed E-state index contributed by atoms with van der Waals surface area (Å²) in [4.78, 5) is 27.1. The third-order valence-electron chi connectivity index (χ3n) is 5.27. The number of nitrogens with one attached hydrogen (secondary N) is 1. The van der Waals surface area contributed by atoms with E-state index in [2.05, 4.69) is 17.1 Å². The number of carbonyl (C=O) groups is 2. The van der Waals surface area contributed by atoms with Crippen LogP contribution in [0.1, 0.15) is 44.0 Å². The molecular weight excluding hydrogens is 366 g/mol. The number of likely N-dealkylation sites (tertiary alicyclic amines) is 1. The number of hydrogen-bond acceptors (Lipinski definition) is 5. The predicted octanol–water partition coefficient (Wildman–Crippen LogP) is 1.60. The molecule has 148 valence electrons. The molecule has 0 spiro atoms. The van der Waals surface area contributed by atoms with Gasteiger partial charge in [0.1, 0.15) is 0 Å². The Balaban J connectivity index is 1.66. The second-order valence-electron chi connectivity index (χ2n) is 8.06. The maximum atomic E-state index is 12.4. The van der Waals surface area contributed by atoms with Crippen molar-refractivity contribution < 1.29 is 18.0 Å². The van der Waals surface area contributed by atoms with Crippen molar-refractivity contribution in [1.82, 2.24) is 10.2 Å². The Bertz CT molecular complexity index is 827. The van der Waals surface area contributed by atoms with E-state index in [1.54, 1.807) is 26.0 Å². The zero-order chi connectivity index (χ0) is 19.8. The largest absolute Gasteiger partial charge is 0.350 e. The highest BCUT2D eigenvalue weighted by Crippen LogP contribution is 2.35. The van der Waals surface area contributed by atoms with Gasteiger partial charge < -0.3 is 5.32 Å². The van der Waals surface area contributed by atoms with Crippen LogP contribution in [0.25, 0.3) is 0 Å². The van der Waals surface area contributed by atoms with Crippen molar-refractivity contribution in [1.29, 1.82) is 0 Å². The normalized spacial score (nSPS) is 22.8. The van der Waals surface area contributed by atoms with Gasteiger partial charge in [0.05, 0.1) is 16.9 Å². The minimum atomic E-state index is -3.68. The van der Waals surface area contributed by atoms with Crippen LogP contribution in [-0.4, -0.2) is 56.6 Å². The van der Waals surface area contributed by atoms with Crippen LogP contribution in [0.4, 0.5) is 5.69 Å². The molecule has 1 aromatic carbocycles. The third kappa shape index (κ3) is 4.01. The summed E-state index contributed by atoms with van der Waals surface area (Å²) in [5.41, 5.74) is -0.233. The van der Waals surface area contributed by atoms with Gasteiger partial charge in [-0.05, 0) is 71.0 Å². The number of carbonyl (C=O) groups excluding carboxylic acids is 2. The molecule has 0 radical (unpaired) electrons. The van der Waals surface area contributed by atoms with Crippen LogP contribution in [0.2, 0.25) is 0 Å². The highest BCUT2D eigenvalue weighted by molar-refractivity contribution is 7.94. The highest BCUT2D eigenvalue weighted by Gasteiger charge is 2.49. The van der Waals surface area contributed by atoms with Crippen molar-refractivity contribution in [3.05, 3.63) is 29.8 Å². The minimum absolute atomic E-state index is 0.205. The van der Waals surface area contributed by atoms with Gasteiger partial charge in [-0.2, -0.15) is 0 Å². The van der Waals surface area contributed by atoms with E-state index in [4.69, 9.17) is 0 Å². The van der Waals surface area contributed by atoms with Gasteiger partial charge in [0, 0.05) is 18.2 Å². The predicted molar refractivity (Wildman–Crippen MR) is 104 cm³/mol. The van der Waals surface area contributed by atoms with E-state index in [9.17, 15) is 18.0 Å². The molecule has 2 fully saturated rings. The molecule has 2 saturated heterocycles. The molecule has 0 aromatic heterocycles. The lowest BCUT2D eigenvalue weighted by atomic mass is 9.95. The minimum Gasteiger partial charge on any atom is -0.350 e. The van der Waals surface area contributed by atoms with Crippen LogP contribution < -0.4 is 9.62 Å². The van der Waals surface area contributed by atoms with Gasteiger partial charge in [0.2, 0.25) is 15.9 Å². The van der Waals surface area contributed by atoms with Gasteiger partial charge in [0.15, 0.2) is 0 Å². The van der Waals surface area contributed by atoms with Gasteiger partial charge in [-0.3, -0.25) is 14.5 Å². The fourth-order valence-corrected chi connectivity index (χ4v) is 5.77. The van der Waals surface area contributed by atoms with E-state index in [1.165, 1.54) is 25.0 Å². The molecule has 27 heavy (non-hydrogen) atoms. The SMILES string of the molecule is CC(CNC(=O)c1ccc(N2C(=O)C(C)(C)CS2(=O)=O)cc1)N1CCCC1. The Labute approximate surface area is 160 Å². The molecule has 7 nitrogen and oxygen atoms in total. The summed E-state index contributed by atoms with van der Waals surface area (Å²) in [6, 6.07) is 6.41. The Morgan fingerprint density at radius 2 is 1.78 bits per heavy atom. The zero-order valence-electron chi connectivity index (χ0n) is 16.1. The van der Waals surface area contributed by atoms with Crippen LogP contribution in [0.15, 0.2) is 24.3 Å². The molecule has 2 aliphatic rings. The Kier molecular flexibility index (Phi) is 5.31. The molecule has 0 bridgehead atoms. The number of hydrogen-bond donors (Lipinski definition) is 1. The van der Waals surface area contributed by atoms with Crippen LogP contribution in [-0.2, 0) is 14.8 Å². The van der Waals surface area contributed by atoms with Gasteiger partial charge in [0.25, 0.3) is 5.91 Å². The van der Waals surface area contributed by atoms with E-state index < -0.39 is 21.3 Å². The number of amides is 2. The number of anilines is 1. The summed E-state index contributed by atoms with van der Waals surface area (Å²) < 4.78 is 25.5. The van der Waals surface area contributed by atoms with Crippen molar-refractivity contribution in [3.8, 4) is 0 Å².